The van der Waals surface area contributed by atoms with Gasteiger partial charge in [-0.05, 0) is 87.8 Å². The van der Waals surface area contributed by atoms with Crippen LogP contribution in [-0.4, -0.2) is 52.1 Å². The van der Waals surface area contributed by atoms with E-state index in [1.165, 1.54) is 183 Å². The average molecular weight is 929 g/mol. The molecule has 3 nitrogen and oxygen atoms in total. The number of methoxy groups -OCH3 is 3. The number of benzene rings is 3. The van der Waals surface area contributed by atoms with Crippen molar-refractivity contribution in [1.29, 1.82) is 0 Å². The minimum atomic E-state index is -1.17. The van der Waals surface area contributed by atoms with Gasteiger partial charge in [-0.3, -0.25) is 0 Å². The van der Waals surface area contributed by atoms with E-state index in [2.05, 4.69) is 107 Å². The van der Waals surface area contributed by atoms with Gasteiger partial charge in [0, 0.05) is 7.26 Å². The van der Waals surface area contributed by atoms with E-state index in [9.17, 15) is 0 Å². The van der Waals surface area contributed by atoms with E-state index in [1.54, 1.807) is 71.7 Å². The van der Waals surface area contributed by atoms with Crippen molar-refractivity contribution in [2.24, 2.45) is 0 Å². The van der Waals surface area contributed by atoms with Gasteiger partial charge in [0.25, 0.3) is 0 Å². The predicted molar refractivity (Wildman–Crippen MR) is 302 cm³/mol. The van der Waals surface area contributed by atoms with E-state index >= 15 is 0 Å². The summed E-state index contributed by atoms with van der Waals surface area (Å²) in [7, 11) is 4.44. The third-order valence-electron chi connectivity index (χ3n) is 15.0. The molecule has 0 aliphatic rings. The van der Waals surface area contributed by atoms with Crippen LogP contribution in [0, 0.1) is 0 Å². The zero-order valence-corrected chi connectivity index (χ0v) is 45.8. The predicted octanol–water partition coefficient (Wildman–Crippen LogP) is 18.0. The highest BCUT2D eigenvalue weighted by molar-refractivity contribution is 7.75. The average Bonchev–Trinajstić information content (AvgIpc) is 3.36. The Balaban J connectivity index is 0.000000453. The fraction of sp³-hybridized carbons (Fsp3) is 0.705. The number of hydrogen-bond acceptors (Lipinski definition) is 3. The first kappa shape index (κ1) is 59.7. The Kier molecular flexibility index (Phi) is 35.6. The third kappa shape index (κ3) is 24.2. The van der Waals surface area contributed by atoms with Crippen molar-refractivity contribution in [3.05, 3.63) is 72.8 Å². The van der Waals surface area contributed by atoms with Gasteiger partial charge >= 0.3 is 0 Å². The van der Waals surface area contributed by atoms with Crippen LogP contribution in [0.4, 0.5) is 0 Å². The summed E-state index contributed by atoms with van der Waals surface area (Å²) in [5, 5.41) is 0. The number of hydrogen-bond donors (Lipinski definition) is 0. The molecule has 0 unspecified atom stereocenters. The molecule has 0 heterocycles. The zero-order chi connectivity index (χ0) is 47.8. The maximum absolute atomic E-state index is 5.46. The highest BCUT2D eigenvalue weighted by Gasteiger charge is 2.35. The number of rotatable bonds is 41. The highest BCUT2D eigenvalue weighted by Crippen LogP contribution is 2.61. The van der Waals surface area contributed by atoms with Crippen molar-refractivity contribution < 1.29 is 14.2 Å². The molecular formula is C61H106BO3P. The Morgan fingerprint density at radius 3 is 0.727 bits per heavy atom. The van der Waals surface area contributed by atoms with Gasteiger partial charge in [-0.2, -0.15) is 22.7 Å². The Morgan fingerprint density at radius 2 is 0.500 bits per heavy atom. The summed E-state index contributed by atoms with van der Waals surface area (Å²) in [5.74, 6) is 2.65. The second-order valence-electron chi connectivity index (χ2n) is 20.2. The maximum Gasteiger partial charge on any atom is 0.118 e. The smallest absolute Gasteiger partial charge is 0.118 e. The van der Waals surface area contributed by atoms with E-state index in [1.807, 2.05) is 0 Å². The van der Waals surface area contributed by atoms with Crippen LogP contribution in [0.5, 0.6) is 17.2 Å². The number of unbranched alkanes of at least 4 members (excludes halogenated alkanes) is 25. The molecule has 0 saturated heterocycles. The Labute approximate surface area is 411 Å². The minimum absolute atomic E-state index is 0.718. The zero-order valence-electron chi connectivity index (χ0n) is 44.9. The first-order chi connectivity index (χ1) is 32.4. The summed E-state index contributed by atoms with van der Waals surface area (Å²) in [6.45, 7) is 11.7. The summed E-state index contributed by atoms with van der Waals surface area (Å²) in [5.41, 5.74) is 4.00. The second-order valence-corrected chi connectivity index (χ2v) is 24.7. The van der Waals surface area contributed by atoms with Gasteiger partial charge in [-0.25, -0.2) is 0 Å². The molecule has 3 aromatic rings. The number of ether oxygens (including phenoxy) is 3. The first-order valence-corrected chi connectivity index (χ1v) is 30.9. The lowest BCUT2D eigenvalue weighted by atomic mass is 9.14. The van der Waals surface area contributed by atoms with Crippen LogP contribution in [0.25, 0.3) is 0 Å². The van der Waals surface area contributed by atoms with E-state index in [0.29, 0.717) is 0 Å². The van der Waals surface area contributed by atoms with Crippen molar-refractivity contribution in [3.8, 4) is 17.2 Å². The molecule has 3 aromatic carbocycles. The van der Waals surface area contributed by atoms with E-state index in [0.717, 1.165) is 23.6 Å². The SMILES string of the molecule is CCCCCCCC[B-](c1ccc(OC)cc1)(c1ccc(OC)cc1)c1ccc(OC)cc1.CCCCCCCC[P+](CCCCCCCC)(CCCCCCCC)CCCCCCCC. The van der Waals surface area contributed by atoms with Crippen molar-refractivity contribution in [3.63, 3.8) is 0 Å². The summed E-state index contributed by atoms with van der Waals surface area (Å²) in [6, 6.07) is 25.9. The molecule has 0 aliphatic heterocycles. The van der Waals surface area contributed by atoms with Gasteiger partial charge in [0.1, 0.15) is 17.2 Å². The monoisotopic (exact) mass is 929 g/mol. The molecular weight excluding hydrogens is 822 g/mol. The molecule has 0 spiro atoms. The molecule has 0 bridgehead atoms. The fourth-order valence-corrected chi connectivity index (χ4v) is 15.6. The molecule has 0 fully saturated rings. The molecule has 0 amide bonds. The van der Waals surface area contributed by atoms with E-state index < -0.39 is 13.4 Å². The normalized spacial score (nSPS) is 11.6. The third-order valence-corrected chi connectivity index (χ3v) is 20.0. The van der Waals surface area contributed by atoms with Gasteiger partial charge in [0.2, 0.25) is 0 Å². The Hall–Kier alpha value is -2.45. The van der Waals surface area contributed by atoms with E-state index in [4.69, 9.17) is 14.2 Å². The molecule has 0 atom stereocenters. The summed E-state index contributed by atoms with van der Waals surface area (Å²) < 4.78 is 16.4. The molecule has 0 N–H and O–H groups in total. The van der Waals surface area contributed by atoms with Crippen LogP contribution in [0.2, 0.25) is 6.32 Å². The van der Waals surface area contributed by atoms with Crippen LogP contribution in [0.1, 0.15) is 227 Å². The minimum Gasteiger partial charge on any atom is -0.497 e. The first-order valence-electron chi connectivity index (χ1n) is 28.4. The van der Waals surface area contributed by atoms with Crippen molar-refractivity contribution in [2.45, 2.75) is 234 Å². The summed E-state index contributed by atoms with van der Waals surface area (Å²) >= 11 is 0. The Morgan fingerprint density at radius 1 is 0.288 bits per heavy atom. The van der Waals surface area contributed by atoms with Crippen LogP contribution >= 0.6 is 7.26 Å². The lowest BCUT2D eigenvalue weighted by Gasteiger charge is -2.43. The van der Waals surface area contributed by atoms with Crippen LogP contribution in [0.15, 0.2) is 72.8 Å². The Bertz CT molecular complexity index is 1320. The lowest BCUT2D eigenvalue weighted by Crippen LogP contribution is -2.66. The molecule has 3 rings (SSSR count). The van der Waals surface area contributed by atoms with Gasteiger partial charge in [0.05, 0.1) is 52.1 Å². The highest BCUT2D eigenvalue weighted by atomic mass is 31.2. The standard InChI is InChI=1S/C32H68P.C29H38BO3/c1-5-9-13-17-21-25-29-33(30-26-22-18-14-10-6-2,31-27-23-19-15-11-7-3)32-28-24-20-16-12-8-4;1-5-6-7-8-9-10-23-30(24-11-17-27(31-2)18-12-24,25-13-19-28(32-3)20-14-25)26-15-21-29(33-4)22-16-26/h5-32H2,1-4H3;11-22H,5-10,23H2,1-4H3/q+1;-1. The molecule has 5 heteroatoms. The van der Waals surface area contributed by atoms with Crippen molar-refractivity contribution >= 4 is 29.8 Å². The van der Waals surface area contributed by atoms with Gasteiger partial charge in [-0.15, -0.1) is 0 Å². The molecule has 376 valence electrons. The molecule has 0 saturated carbocycles. The lowest BCUT2D eigenvalue weighted by molar-refractivity contribution is 0.415. The van der Waals surface area contributed by atoms with Gasteiger partial charge in [0.15, 0.2) is 0 Å². The molecule has 0 aromatic heterocycles. The summed E-state index contributed by atoms with van der Waals surface area (Å²) in [6.07, 6.45) is 49.7. The molecule has 0 aliphatic carbocycles. The second kappa shape index (κ2) is 39.4. The topological polar surface area (TPSA) is 27.7 Å². The maximum atomic E-state index is 5.46. The van der Waals surface area contributed by atoms with Crippen LogP contribution in [0.3, 0.4) is 0 Å². The largest absolute Gasteiger partial charge is 0.497 e. The summed E-state index contributed by atoms with van der Waals surface area (Å²) in [4.78, 5) is 0. The van der Waals surface area contributed by atoms with Crippen LogP contribution in [-0.2, 0) is 0 Å². The van der Waals surface area contributed by atoms with Crippen molar-refractivity contribution in [1.82, 2.24) is 0 Å². The van der Waals surface area contributed by atoms with E-state index in [-0.39, 0.29) is 0 Å². The van der Waals surface area contributed by atoms with Crippen molar-refractivity contribution in [2.75, 3.05) is 46.0 Å². The quantitative estimate of drug-likeness (QED) is 0.0322. The molecule has 66 heavy (non-hydrogen) atoms. The van der Waals surface area contributed by atoms with Crippen LogP contribution < -0.4 is 30.6 Å². The molecule has 0 radical (unpaired) electrons. The van der Waals surface area contributed by atoms with Gasteiger partial charge in [-0.1, -0.05) is 212 Å². The fourth-order valence-electron chi connectivity index (χ4n) is 10.7. The van der Waals surface area contributed by atoms with Gasteiger partial charge < -0.3 is 14.2 Å².